The van der Waals surface area contributed by atoms with E-state index in [1.54, 1.807) is 24.3 Å². The van der Waals surface area contributed by atoms with Crippen molar-refractivity contribution < 1.29 is 23.4 Å². The van der Waals surface area contributed by atoms with E-state index in [1.165, 1.54) is 16.8 Å². The first-order valence-electron chi connectivity index (χ1n) is 9.11. The lowest BCUT2D eigenvalue weighted by Gasteiger charge is -2.10. The van der Waals surface area contributed by atoms with Crippen LogP contribution in [0.2, 0.25) is 5.02 Å². The number of imidazole rings is 1. The second-order valence-corrected chi connectivity index (χ2v) is 7.11. The Morgan fingerprint density at radius 2 is 2.06 bits per heavy atom. The summed E-state index contributed by atoms with van der Waals surface area (Å²) in [5, 5.41) is 13.8. The number of carbonyl (C=O) groups is 1. The molecular weight excluding hydrogens is 434 g/mol. The van der Waals surface area contributed by atoms with Gasteiger partial charge in [0.25, 0.3) is 6.43 Å². The third-order valence-electron chi connectivity index (χ3n) is 4.50. The number of alkyl halides is 2. The number of ether oxygens (including phenoxy) is 1. The fraction of sp³-hybridized carbons (Fsp3) is 0.200. The number of rotatable bonds is 7. The van der Waals surface area contributed by atoms with Gasteiger partial charge in [-0.15, -0.1) is 0 Å². The number of H-pyrrole nitrogens is 1. The van der Waals surface area contributed by atoms with Crippen molar-refractivity contribution in [2.75, 3.05) is 6.61 Å². The maximum Gasteiger partial charge on any atom is 0.309 e. The summed E-state index contributed by atoms with van der Waals surface area (Å²) < 4.78 is 31.3. The van der Waals surface area contributed by atoms with Crippen molar-refractivity contribution in [2.45, 2.75) is 19.4 Å². The Balaban J connectivity index is 1.74. The highest BCUT2D eigenvalue weighted by molar-refractivity contribution is 6.32. The molecular formula is C20H15ClF2N4O4. The number of carboxylic acid groups (broad SMARTS) is 1. The summed E-state index contributed by atoms with van der Waals surface area (Å²) in [5.74, 6) is -0.635. The number of aromatic amines is 1. The van der Waals surface area contributed by atoms with Crippen molar-refractivity contribution in [1.82, 2.24) is 19.7 Å². The van der Waals surface area contributed by atoms with Crippen LogP contribution in [0, 0.1) is 0 Å². The molecule has 11 heteroatoms. The van der Waals surface area contributed by atoms with Gasteiger partial charge in [0.2, 0.25) is 5.43 Å². The monoisotopic (exact) mass is 448 g/mol. The van der Waals surface area contributed by atoms with Gasteiger partial charge < -0.3 is 14.8 Å². The fourth-order valence-electron chi connectivity index (χ4n) is 3.21. The second kappa shape index (κ2) is 8.31. The molecule has 4 rings (SSSR count). The van der Waals surface area contributed by atoms with Gasteiger partial charge in [0, 0.05) is 11.5 Å². The Labute approximate surface area is 178 Å². The number of hydrogen-bond donors (Lipinski definition) is 2. The highest BCUT2D eigenvalue weighted by atomic mass is 35.5. The number of hydrogen-bond acceptors (Lipinski definition) is 5. The number of aliphatic carboxylic acids is 1. The van der Waals surface area contributed by atoms with Gasteiger partial charge >= 0.3 is 5.97 Å². The lowest BCUT2D eigenvalue weighted by Crippen LogP contribution is -2.22. The molecule has 0 bridgehead atoms. The number of nitrogens with one attached hydrogen (secondary N) is 1. The van der Waals surface area contributed by atoms with Gasteiger partial charge in [-0.05, 0) is 18.2 Å². The molecule has 0 amide bonds. The highest BCUT2D eigenvalue weighted by Crippen LogP contribution is 2.29. The summed E-state index contributed by atoms with van der Waals surface area (Å²) >= 11 is 6.10. The Kier molecular flexibility index (Phi) is 5.55. The summed E-state index contributed by atoms with van der Waals surface area (Å²) in [5.41, 5.74) is 0.987. The largest absolute Gasteiger partial charge is 0.486 e. The number of fused-ring (bicyclic) bond motifs is 2. The van der Waals surface area contributed by atoms with Crippen molar-refractivity contribution in [1.29, 1.82) is 0 Å². The van der Waals surface area contributed by atoms with Gasteiger partial charge in [0.05, 0.1) is 34.5 Å². The summed E-state index contributed by atoms with van der Waals surface area (Å²) in [6, 6.07) is 9.69. The molecule has 0 saturated heterocycles. The molecule has 0 aliphatic carbocycles. The van der Waals surface area contributed by atoms with Crippen LogP contribution in [0.1, 0.15) is 11.5 Å². The van der Waals surface area contributed by atoms with Crippen molar-refractivity contribution >= 4 is 39.5 Å². The van der Waals surface area contributed by atoms with E-state index < -0.39 is 30.9 Å². The number of para-hydroxylation sites is 1. The van der Waals surface area contributed by atoms with Gasteiger partial charge in [-0.3, -0.25) is 14.3 Å². The molecule has 0 saturated carbocycles. The standard InChI is InChI=1S/C20H15ClF2N4O4/c21-11-5-12-13(6-16(11)31-9-17(22)23)25-18(24-12)8-27-15-4-2-1-3-10(15)20(30)14(26-27)7-19(28)29/h1-6,17H,7-9H2,(H,24,25)(H,28,29). The SMILES string of the molecule is O=C(O)Cc1nn(Cc2nc3cc(OCC(F)F)c(Cl)cc3[nH]2)c2ccccc2c1=O. The number of aromatic nitrogens is 4. The fourth-order valence-corrected chi connectivity index (χ4v) is 3.43. The first-order valence-corrected chi connectivity index (χ1v) is 9.49. The number of benzene rings is 2. The maximum absolute atomic E-state index is 12.5. The molecule has 0 radical (unpaired) electrons. The van der Waals surface area contributed by atoms with Crippen LogP contribution in [0.4, 0.5) is 8.78 Å². The first kappa shape index (κ1) is 20.7. The molecule has 0 atom stereocenters. The lowest BCUT2D eigenvalue weighted by molar-refractivity contribution is -0.136. The predicted octanol–water partition coefficient (Wildman–Crippen LogP) is 3.25. The minimum absolute atomic E-state index is 0.0863. The van der Waals surface area contributed by atoms with Crippen molar-refractivity contribution in [2.24, 2.45) is 0 Å². The van der Waals surface area contributed by atoms with Gasteiger partial charge in [0.15, 0.2) is 0 Å². The molecule has 31 heavy (non-hydrogen) atoms. The first-order chi connectivity index (χ1) is 14.8. The van der Waals surface area contributed by atoms with Crippen LogP contribution in [-0.2, 0) is 17.8 Å². The molecule has 0 fully saturated rings. The smallest absolute Gasteiger partial charge is 0.309 e. The number of halogens is 3. The number of carboxylic acids is 1. The molecule has 160 valence electrons. The zero-order valence-electron chi connectivity index (χ0n) is 15.8. The van der Waals surface area contributed by atoms with E-state index in [0.29, 0.717) is 27.8 Å². The summed E-state index contributed by atoms with van der Waals surface area (Å²) in [7, 11) is 0. The van der Waals surface area contributed by atoms with Crippen molar-refractivity contribution in [3.8, 4) is 5.75 Å². The van der Waals surface area contributed by atoms with E-state index in [0.717, 1.165) is 0 Å². The molecule has 0 aliphatic heterocycles. The predicted molar refractivity (Wildman–Crippen MR) is 109 cm³/mol. The van der Waals surface area contributed by atoms with Gasteiger partial charge in [0.1, 0.15) is 23.9 Å². The van der Waals surface area contributed by atoms with E-state index in [2.05, 4.69) is 15.1 Å². The van der Waals surface area contributed by atoms with Crippen molar-refractivity contribution in [3.05, 3.63) is 63.2 Å². The molecule has 2 aromatic heterocycles. The molecule has 2 heterocycles. The Hall–Kier alpha value is -3.53. The molecule has 2 aromatic carbocycles. The van der Waals surface area contributed by atoms with E-state index in [9.17, 15) is 18.4 Å². The van der Waals surface area contributed by atoms with Gasteiger partial charge in [-0.25, -0.2) is 13.8 Å². The molecule has 0 aliphatic rings. The molecule has 2 N–H and O–H groups in total. The molecule has 0 spiro atoms. The lowest BCUT2D eigenvalue weighted by atomic mass is 10.1. The highest BCUT2D eigenvalue weighted by Gasteiger charge is 2.16. The zero-order chi connectivity index (χ0) is 22.1. The van der Waals surface area contributed by atoms with Crippen LogP contribution >= 0.6 is 11.6 Å². The third-order valence-corrected chi connectivity index (χ3v) is 4.79. The number of nitrogens with zero attached hydrogens (tertiary/aromatic N) is 3. The van der Waals surface area contributed by atoms with Crippen LogP contribution < -0.4 is 10.2 Å². The topological polar surface area (TPSA) is 110 Å². The van der Waals surface area contributed by atoms with Crippen LogP contribution in [-0.4, -0.2) is 43.9 Å². The van der Waals surface area contributed by atoms with Crippen LogP contribution in [0.5, 0.6) is 5.75 Å². The second-order valence-electron chi connectivity index (χ2n) is 6.71. The van der Waals surface area contributed by atoms with E-state index >= 15 is 0 Å². The molecule has 4 aromatic rings. The summed E-state index contributed by atoms with van der Waals surface area (Å²) in [6.45, 7) is -0.685. The Bertz CT molecular complexity index is 1350. The van der Waals surface area contributed by atoms with Crippen LogP contribution in [0.15, 0.2) is 41.2 Å². The molecule has 0 unspecified atom stereocenters. The van der Waals surface area contributed by atoms with Crippen molar-refractivity contribution in [3.63, 3.8) is 0 Å². The normalized spacial score (nSPS) is 11.5. The Morgan fingerprint density at radius 1 is 1.29 bits per heavy atom. The quantitative estimate of drug-likeness (QED) is 0.449. The van der Waals surface area contributed by atoms with Crippen LogP contribution in [0.3, 0.4) is 0 Å². The summed E-state index contributed by atoms with van der Waals surface area (Å²) in [4.78, 5) is 31.2. The average Bonchev–Trinajstić information content (AvgIpc) is 3.10. The van der Waals surface area contributed by atoms with Gasteiger partial charge in [-0.2, -0.15) is 5.10 Å². The Morgan fingerprint density at radius 3 is 2.81 bits per heavy atom. The molecule has 8 nitrogen and oxygen atoms in total. The third kappa shape index (κ3) is 4.33. The minimum atomic E-state index is -2.64. The zero-order valence-corrected chi connectivity index (χ0v) is 16.6. The minimum Gasteiger partial charge on any atom is -0.486 e. The van der Waals surface area contributed by atoms with E-state index in [-0.39, 0.29) is 23.0 Å². The van der Waals surface area contributed by atoms with E-state index in [4.69, 9.17) is 21.4 Å². The van der Waals surface area contributed by atoms with Gasteiger partial charge in [-0.1, -0.05) is 23.7 Å². The maximum atomic E-state index is 12.5. The average molecular weight is 449 g/mol. The van der Waals surface area contributed by atoms with E-state index in [1.807, 2.05) is 0 Å². The van der Waals surface area contributed by atoms with Crippen LogP contribution in [0.25, 0.3) is 21.9 Å². The summed E-state index contributed by atoms with van der Waals surface area (Å²) in [6.07, 6.45) is -3.15.